The van der Waals surface area contributed by atoms with Gasteiger partial charge in [-0.3, -0.25) is 20.2 Å². The van der Waals surface area contributed by atoms with Crippen molar-refractivity contribution in [1.82, 2.24) is 25.1 Å². The van der Waals surface area contributed by atoms with Crippen molar-refractivity contribution in [2.45, 2.75) is 6.42 Å². The van der Waals surface area contributed by atoms with Gasteiger partial charge in [0, 0.05) is 42.1 Å². The van der Waals surface area contributed by atoms with Crippen molar-refractivity contribution >= 4 is 33.3 Å². The smallest absolute Gasteiger partial charge is 0.271 e. The fourth-order valence-corrected chi connectivity index (χ4v) is 3.43. The maximum Gasteiger partial charge on any atom is 0.271 e. The molecule has 3 N–H and O–H groups in total. The Morgan fingerprint density at radius 2 is 1.90 bits per heavy atom. The van der Waals surface area contributed by atoms with Gasteiger partial charge in [-0.05, 0) is 48.4 Å². The number of benzene rings is 2. The van der Waals surface area contributed by atoms with Crippen LogP contribution >= 0.6 is 0 Å². The van der Waals surface area contributed by atoms with Gasteiger partial charge in [-0.2, -0.15) is 5.10 Å². The minimum absolute atomic E-state index is 0.0183. The van der Waals surface area contributed by atoms with Crippen LogP contribution in [0.3, 0.4) is 0 Å². The zero-order valence-electron chi connectivity index (χ0n) is 15.8. The van der Waals surface area contributed by atoms with Crippen molar-refractivity contribution in [3.05, 3.63) is 76.6 Å². The molecule has 0 saturated heterocycles. The third kappa shape index (κ3) is 3.32. The van der Waals surface area contributed by atoms with Gasteiger partial charge in [-0.25, -0.2) is 4.98 Å². The first-order chi connectivity index (χ1) is 14.7. The van der Waals surface area contributed by atoms with Gasteiger partial charge in [0.15, 0.2) is 5.82 Å². The molecule has 9 heteroatoms. The van der Waals surface area contributed by atoms with Gasteiger partial charge in [-0.15, -0.1) is 0 Å². The van der Waals surface area contributed by atoms with E-state index in [9.17, 15) is 10.1 Å². The van der Waals surface area contributed by atoms with E-state index in [2.05, 4.69) is 30.5 Å². The van der Waals surface area contributed by atoms with Crippen molar-refractivity contribution < 1.29 is 4.92 Å². The van der Waals surface area contributed by atoms with E-state index in [1.807, 2.05) is 30.3 Å². The number of H-pyrrole nitrogens is 2. The number of non-ortho nitro benzene ring substituents is 1. The van der Waals surface area contributed by atoms with E-state index in [0.29, 0.717) is 17.0 Å². The molecule has 0 aliphatic heterocycles. The van der Waals surface area contributed by atoms with Gasteiger partial charge in [-0.1, -0.05) is 0 Å². The van der Waals surface area contributed by atoms with E-state index < -0.39 is 4.92 Å². The molecule has 3 aromatic heterocycles. The van der Waals surface area contributed by atoms with E-state index in [4.69, 9.17) is 0 Å². The molecule has 0 unspecified atom stereocenters. The molecule has 0 saturated carbocycles. The molecule has 148 valence electrons. The topological polar surface area (TPSA) is 125 Å². The first-order valence-corrected chi connectivity index (χ1v) is 9.43. The zero-order valence-corrected chi connectivity index (χ0v) is 15.8. The molecule has 30 heavy (non-hydrogen) atoms. The standard InChI is InChI=1S/C21H17N7O2/c29-28(30)15-2-3-16-18(12-15)26-27-20(16)21-24-17-4-1-14(11-19(17)25-21)23-10-7-13-5-8-22-9-6-13/h1-6,8-9,11-12,23H,7,10H2,(H,24,25)(H,26,27). The van der Waals surface area contributed by atoms with E-state index >= 15 is 0 Å². The summed E-state index contributed by atoms with van der Waals surface area (Å²) in [7, 11) is 0. The summed E-state index contributed by atoms with van der Waals surface area (Å²) in [5.74, 6) is 0.610. The van der Waals surface area contributed by atoms with Crippen LogP contribution in [0.1, 0.15) is 5.56 Å². The minimum atomic E-state index is -0.426. The molecular formula is C21H17N7O2. The molecule has 9 nitrogen and oxygen atoms in total. The molecule has 5 aromatic rings. The van der Waals surface area contributed by atoms with E-state index in [0.717, 1.165) is 35.1 Å². The number of nitrogens with zero attached hydrogens (tertiary/aromatic N) is 4. The molecule has 2 aromatic carbocycles. The largest absolute Gasteiger partial charge is 0.385 e. The number of fused-ring (bicyclic) bond motifs is 2. The number of aromatic nitrogens is 5. The highest BCUT2D eigenvalue weighted by Gasteiger charge is 2.15. The first-order valence-electron chi connectivity index (χ1n) is 9.43. The second kappa shape index (κ2) is 7.28. The van der Waals surface area contributed by atoms with E-state index in [-0.39, 0.29) is 5.69 Å². The van der Waals surface area contributed by atoms with Gasteiger partial charge in [0.25, 0.3) is 5.69 Å². The number of pyridine rings is 1. The van der Waals surface area contributed by atoms with Gasteiger partial charge >= 0.3 is 0 Å². The highest BCUT2D eigenvalue weighted by Crippen LogP contribution is 2.29. The summed E-state index contributed by atoms with van der Waals surface area (Å²) in [6, 6.07) is 14.6. The number of nitro groups is 1. The molecule has 0 radical (unpaired) electrons. The molecular weight excluding hydrogens is 382 g/mol. The lowest BCUT2D eigenvalue weighted by Crippen LogP contribution is -2.04. The van der Waals surface area contributed by atoms with Crippen LogP contribution in [-0.4, -0.2) is 36.6 Å². The Labute approximate surface area is 170 Å². The Morgan fingerprint density at radius 1 is 1.03 bits per heavy atom. The van der Waals surface area contributed by atoms with Crippen molar-refractivity contribution in [2.24, 2.45) is 0 Å². The number of anilines is 1. The molecule has 0 amide bonds. The number of rotatable bonds is 6. The van der Waals surface area contributed by atoms with Crippen molar-refractivity contribution in [2.75, 3.05) is 11.9 Å². The molecule has 3 heterocycles. The van der Waals surface area contributed by atoms with Gasteiger partial charge < -0.3 is 10.3 Å². The number of aromatic amines is 2. The van der Waals surface area contributed by atoms with Crippen molar-refractivity contribution in [3.8, 4) is 11.5 Å². The van der Waals surface area contributed by atoms with Crippen LogP contribution in [0, 0.1) is 10.1 Å². The monoisotopic (exact) mass is 399 g/mol. The van der Waals surface area contributed by atoms with Crippen LogP contribution in [0.25, 0.3) is 33.5 Å². The summed E-state index contributed by atoms with van der Waals surface area (Å²) < 4.78 is 0. The maximum atomic E-state index is 11.0. The highest BCUT2D eigenvalue weighted by atomic mass is 16.6. The SMILES string of the molecule is O=[N+]([O-])c1ccc2c(-c3nc4ccc(NCCc5ccncc5)cc4[nH]3)n[nH]c2c1. The first kappa shape index (κ1) is 17.8. The second-order valence-corrected chi connectivity index (χ2v) is 6.91. The van der Waals surface area contributed by atoms with Crippen LogP contribution in [0.15, 0.2) is 60.9 Å². The van der Waals surface area contributed by atoms with Crippen LogP contribution in [0.4, 0.5) is 11.4 Å². The number of hydrogen-bond donors (Lipinski definition) is 3. The molecule has 5 rings (SSSR count). The predicted molar refractivity (Wildman–Crippen MR) is 114 cm³/mol. The van der Waals surface area contributed by atoms with Gasteiger partial charge in [0.2, 0.25) is 0 Å². The number of hydrogen-bond acceptors (Lipinski definition) is 6. The van der Waals surface area contributed by atoms with Crippen LogP contribution in [-0.2, 0) is 6.42 Å². The van der Waals surface area contributed by atoms with E-state index in [1.165, 1.54) is 17.7 Å². The summed E-state index contributed by atoms with van der Waals surface area (Å²) in [5.41, 5.74) is 5.17. The Kier molecular flexibility index (Phi) is 4.32. The summed E-state index contributed by atoms with van der Waals surface area (Å²) in [6.45, 7) is 0.805. The van der Waals surface area contributed by atoms with Crippen LogP contribution in [0.2, 0.25) is 0 Å². The molecule has 0 aliphatic carbocycles. The van der Waals surface area contributed by atoms with Crippen LogP contribution < -0.4 is 5.32 Å². The zero-order chi connectivity index (χ0) is 20.5. The number of nitro benzene ring substituents is 1. The van der Waals surface area contributed by atoms with Gasteiger partial charge in [0.1, 0.15) is 5.69 Å². The molecule has 0 aliphatic rings. The summed E-state index contributed by atoms with van der Waals surface area (Å²) in [4.78, 5) is 22.5. The Bertz CT molecular complexity index is 1360. The van der Waals surface area contributed by atoms with Crippen molar-refractivity contribution in [3.63, 3.8) is 0 Å². The average Bonchev–Trinajstić information content (AvgIpc) is 3.37. The normalized spacial score (nSPS) is 11.2. The minimum Gasteiger partial charge on any atom is -0.385 e. The Hall–Kier alpha value is -4.27. The second-order valence-electron chi connectivity index (χ2n) is 6.91. The average molecular weight is 399 g/mol. The maximum absolute atomic E-state index is 11.0. The fourth-order valence-electron chi connectivity index (χ4n) is 3.43. The molecule has 0 spiro atoms. The number of imidazole rings is 1. The predicted octanol–water partition coefficient (Wildman–Crippen LogP) is 4.06. The molecule has 0 bridgehead atoms. The third-order valence-corrected chi connectivity index (χ3v) is 4.96. The summed E-state index contributed by atoms with van der Waals surface area (Å²) in [6.07, 6.45) is 4.50. The quantitative estimate of drug-likeness (QED) is 0.292. The van der Waals surface area contributed by atoms with Gasteiger partial charge in [0.05, 0.1) is 21.5 Å². The van der Waals surface area contributed by atoms with E-state index in [1.54, 1.807) is 18.5 Å². The van der Waals surface area contributed by atoms with Crippen LogP contribution in [0.5, 0.6) is 0 Å². The fraction of sp³-hybridized carbons (Fsp3) is 0.0952. The lowest BCUT2D eigenvalue weighted by atomic mass is 10.2. The lowest BCUT2D eigenvalue weighted by Gasteiger charge is -2.06. The number of nitrogens with one attached hydrogen (secondary N) is 3. The van der Waals surface area contributed by atoms with Crippen molar-refractivity contribution in [1.29, 1.82) is 0 Å². The lowest BCUT2D eigenvalue weighted by molar-refractivity contribution is -0.384. The third-order valence-electron chi connectivity index (χ3n) is 4.96. The Morgan fingerprint density at radius 3 is 2.73 bits per heavy atom. The summed E-state index contributed by atoms with van der Waals surface area (Å²) in [5, 5.41) is 22.3. The molecule has 0 atom stereocenters. The Balaban J connectivity index is 1.39. The summed E-state index contributed by atoms with van der Waals surface area (Å²) >= 11 is 0. The highest BCUT2D eigenvalue weighted by molar-refractivity contribution is 5.94. The molecule has 0 fully saturated rings.